The van der Waals surface area contributed by atoms with E-state index in [1.807, 2.05) is 18.2 Å². The van der Waals surface area contributed by atoms with E-state index in [0.29, 0.717) is 12.3 Å². The molecule has 1 spiro atoms. The highest BCUT2D eigenvalue weighted by atomic mass is 16.5. The first-order valence-corrected chi connectivity index (χ1v) is 7.17. The van der Waals surface area contributed by atoms with Crippen molar-refractivity contribution in [1.82, 2.24) is 0 Å². The molecular formula is C16H22O3. The van der Waals surface area contributed by atoms with Crippen molar-refractivity contribution in [2.24, 2.45) is 5.92 Å². The van der Waals surface area contributed by atoms with Gasteiger partial charge in [0.15, 0.2) is 0 Å². The minimum Gasteiger partial charge on any atom is -0.497 e. The standard InChI is InChI=1S/C16H22O3/c1-11-4-3-7-16(9-11)10-14(17)13-8-12(18-2)5-6-15(13)19-16/h5-6,8,11,14,17H,3-4,7,9-10H2,1-2H3/t11?,14-,16?/m0/s1. The van der Waals surface area contributed by atoms with E-state index in [0.717, 1.165) is 29.9 Å². The van der Waals surface area contributed by atoms with Gasteiger partial charge in [0, 0.05) is 12.0 Å². The van der Waals surface area contributed by atoms with Crippen LogP contribution in [0.2, 0.25) is 0 Å². The lowest BCUT2D eigenvalue weighted by Gasteiger charge is -2.45. The Bertz CT molecular complexity index is 471. The Hall–Kier alpha value is -1.22. The monoisotopic (exact) mass is 262 g/mol. The Morgan fingerprint density at radius 1 is 1.37 bits per heavy atom. The molecule has 3 nitrogen and oxygen atoms in total. The molecule has 3 heteroatoms. The maximum Gasteiger partial charge on any atom is 0.126 e. The van der Waals surface area contributed by atoms with Crippen LogP contribution in [0.1, 0.15) is 50.7 Å². The van der Waals surface area contributed by atoms with Gasteiger partial charge in [-0.15, -0.1) is 0 Å². The van der Waals surface area contributed by atoms with Crippen molar-refractivity contribution < 1.29 is 14.6 Å². The highest BCUT2D eigenvalue weighted by molar-refractivity contribution is 5.43. The van der Waals surface area contributed by atoms with Gasteiger partial charge in [-0.05, 0) is 43.4 Å². The van der Waals surface area contributed by atoms with E-state index in [1.54, 1.807) is 7.11 Å². The molecule has 1 aromatic carbocycles. The largest absolute Gasteiger partial charge is 0.497 e. The van der Waals surface area contributed by atoms with Gasteiger partial charge < -0.3 is 14.6 Å². The second-order valence-corrected chi connectivity index (χ2v) is 6.11. The molecule has 0 aromatic heterocycles. The molecule has 2 unspecified atom stereocenters. The molecule has 3 rings (SSSR count). The lowest BCUT2D eigenvalue weighted by atomic mass is 9.74. The Labute approximate surface area is 114 Å². The fourth-order valence-electron chi connectivity index (χ4n) is 3.63. The predicted octanol–water partition coefficient (Wildman–Crippen LogP) is 3.46. The van der Waals surface area contributed by atoms with Crippen LogP contribution in [0.4, 0.5) is 0 Å². The summed E-state index contributed by atoms with van der Waals surface area (Å²) in [6.07, 6.45) is 4.84. The van der Waals surface area contributed by atoms with Gasteiger partial charge in [0.05, 0.1) is 13.2 Å². The van der Waals surface area contributed by atoms with E-state index in [4.69, 9.17) is 9.47 Å². The molecule has 1 heterocycles. The molecule has 1 aromatic rings. The molecule has 0 saturated heterocycles. The zero-order valence-electron chi connectivity index (χ0n) is 11.7. The zero-order valence-corrected chi connectivity index (χ0v) is 11.7. The van der Waals surface area contributed by atoms with Gasteiger partial charge >= 0.3 is 0 Å². The number of hydrogen-bond acceptors (Lipinski definition) is 3. The molecule has 19 heavy (non-hydrogen) atoms. The normalized spacial score (nSPS) is 33.6. The number of fused-ring (bicyclic) bond motifs is 1. The predicted molar refractivity (Wildman–Crippen MR) is 73.6 cm³/mol. The van der Waals surface area contributed by atoms with E-state index >= 15 is 0 Å². The summed E-state index contributed by atoms with van der Waals surface area (Å²) in [5.41, 5.74) is 0.710. The fourth-order valence-corrected chi connectivity index (χ4v) is 3.63. The minimum absolute atomic E-state index is 0.154. The SMILES string of the molecule is COc1ccc2c(c1)[C@@H](O)CC1(CCCC(C)C1)O2. The summed E-state index contributed by atoms with van der Waals surface area (Å²) in [7, 11) is 1.64. The average Bonchev–Trinajstić information content (AvgIpc) is 2.38. The first-order valence-electron chi connectivity index (χ1n) is 7.17. The van der Waals surface area contributed by atoms with Crippen molar-refractivity contribution in [2.45, 2.75) is 50.7 Å². The molecule has 1 fully saturated rings. The van der Waals surface area contributed by atoms with E-state index in [9.17, 15) is 5.11 Å². The van der Waals surface area contributed by atoms with Gasteiger partial charge in [-0.3, -0.25) is 0 Å². The summed E-state index contributed by atoms with van der Waals surface area (Å²) < 4.78 is 11.5. The van der Waals surface area contributed by atoms with Gasteiger partial charge in [-0.1, -0.05) is 13.3 Å². The van der Waals surface area contributed by atoms with Gasteiger partial charge in [0.2, 0.25) is 0 Å². The number of ether oxygens (including phenoxy) is 2. The average molecular weight is 262 g/mol. The summed E-state index contributed by atoms with van der Waals surface area (Å²) in [4.78, 5) is 0. The Balaban J connectivity index is 1.91. The third kappa shape index (κ3) is 2.32. The summed E-state index contributed by atoms with van der Waals surface area (Å²) >= 11 is 0. The second kappa shape index (κ2) is 4.71. The molecule has 2 aliphatic rings. The third-order valence-electron chi connectivity index (χ3n) is 4.52. The van der Waals surface area contributed by atoms with Gasteiger partial charge in [-0.2, -0.15) is 0 Å². The molecule has 1 saturated carbocycles. The van der Waals surface area contributed by atoms with E-state index in [1.165, 1.54) is 12.8 Å². The van der Waals surface area contributed by atoms with Crippen molar-refractivity contribution in [3.05, 3.63) is 23.8 Å². The van der Waals surface area contributed by atoms with Crippen molar-refractivity contribution in [1.29, 1.82) is 0 Å². The van der Waals surface area contributed by atoms with Gasteiger partial charge in [-0.25, -0.2) is 0 Å². The van der Waals surface area contributed by atoms with Crippen LogP contribution in [0.25, 0.3) is 0 Å². The van der Waals surface area contributed by atoms with Crippen LogP contribution in [0.5, 0.6) is 11.5 Å². The topological polar surface area (TPSA) is 38.7 Å². The van der Waals surface area contributed by atoms with E-state index in [2.05, 4.69) is 6.92 Å². The van der Waals surface area contributed by atoms with Crippen LogP contribution in [0.15, 0.2) is 18.2 Å². The Kier molecular flexibility index (Phi) is 3.17. The van der Waals surface area contributed by atoms with Crippen molar-refractivity contribution in [2.75, 3.05) is 7.11 Å². The number of methoxy groups -OCH3 is 1. The number of rotatable bonds is 1. The molecule has 3 atom stereocenters. The number of aliphatic hydroxyl groups excluding tert-OH is 1. The van der Waals surface area contributed by atoms with Crippen molar-refractivity contribution in [3.8, 4) is 11.5 Å². The van der Waals surface area contributed by atoms with E-state index in [-0.39, 0.29) is 5.60 Å². The quantitative estimate of drug-likeness (QED) is 0.842. The minimum atomic E-state index is -0.441. The summed E-state index contributed by atoms with van der Waals surface area (Å²) in [6.45, 7) is 2.28. The molecule has 1 aliphatic carbocycles. The van der Waals surface area contributed by atoms with E-state index < -0.39 is 6.10 Å². The molecule has 1 N–H and O–H groups in total. The summed E-state index contributed by atoms with van der Waals surface area (Å²) in [6, 6.07) is 5.72. The lowest BCUT2D eigenvalue weighted by molar-refractivity contribution is -0.0496. The van der Waals surface area contributed by atoms with Gasteiger partial charge in [0.25, 0.3) is 0 Å². The third-order valence-corrected chi connectivity index (χ3v) is 4.52. The van der Waals surface area contributed by atoms with Crippen LogP contribution in [-0.2, 0) is 0 Å². The smallest absolute Gasteiger partial charge is 0.126 e. The second-order valence-electron chi connectivity index (χ2n) is 6.11. The maximum absolute atomic E-state index is 10.4. The van der Waals surface area contributed by atoms with Crippen LogP contribution in [-0.4, -0.2) is 17.8 Å². The zero-order chi connectivity index (χ0) is 13.5. The number of benzene rings is 1. The first kappa shape index (κ1) is 12.8. The van der Waals surface area contributed by atoms with Crippen LogP contribution in [0, 0.1) is 5.92 Å². The number of hydrogen-bond donors (Lipinski definition) is 1. The van der Waals surface area contributed by atoms with Gasteiger partial charge in [0.1, 0.15) is 17.1 Å². The maximum atomic E-state index is 10.4. The molecular weight excluding hydrogens is 240 g/mol. The van der Waals surface area contributed by atoms with Crippen molar-refractivity contribution >= 4 is 0 Å². The van der Waals surface area contributed by atoms with Crippen molar-refractivity contribution in [3.63, 3.8) is 0 Å². The highest BCUT2D eigenvalue weighted by Crippen LogP contribution is 2.48. The Morgan fingerprint density at radius 3 is 2.95 bits per heavy atom. The highest BCUT2D eigenvalue weighted by Gasteiger charge is 2.43. The summed E-state index contributed by atoms with van der Waals surface area (Å²) in [5, 5.41) is 10.4. The Morgan fingerprint density at radius 2 is 2.21 bits per heavy atom. The molecule has 1 aliphatic heterocycles. The fraction of sp³-hybridized carbons (Fsp3) is 0.625. The molecule has 104 valence electrons. The molecule has 0 amide bonds. The lowest BCUT2D eigenvalue weighted by Crippen LogP contribution is -2.44. The van der Waals surface area contributed by atoms with Crippen LogP contribution in [0.3, 0.4) is 0 Å². The number of aliphatic hydroxyl groups is 1. The summed E-state index contributed by atoms with van der Waals surface area (Å²) in [5.74, 6) is 2.28. The van der Waals surface area contributed by atoms with Crippen LogP contribution < -0.4 is 9.47 Å². The van der Waals surface area contributed by atoms with Crippen LogP contribution >= 0.6 is 0 Å². The first-order chi connectivity index (χ1) is 9.12. The molecule has 0 radical (unpaired) electrons. The molecule has 0 bridgehead atoms.